The van der Waals surface area contributed by atoms with Crippen molar-refractivity contribution in [1.82, 2.24) is 0 Å². The Labute approximate surface area is 320 Å². The molecule has 2 aliphatic rings. The van der Waals surface area contributed by atoms with Crippen LogP contribution in [-0.2, 0) is 5.41 Å². The van der Waals surface area contributed by atoms with Crippen molar-refractivity contribution in [1.29, 1.82) is 0 Å². The molecule has 1 spiro atoms. The van der Waals surface area contributed by atoms with Gasteiger partial charge in [0.1, 0.15) is 0 Å². The van der Waals surface area contributed by atoms with Gasteiger partial charge in [-0.2, -0.15) is 0 Å². The molecule has 0 saturated carbocycles. The predicted molar refractivity (Wildman–Crippen MR) is 232 cm³/mol. The van der Waals surface area contributed by atoms with Gasteiger partial charge in [0.15, 0.2) is 0 Å². The largest absolute Gasteiger partial charge is 0.0731 e. The van der Waals surface area contributed by atoms with Crippen LogP contribution in [0.4, 0.5) is 0 Å². The van der Waals surface area contributed by atoms with Crippen LogP contribution >= 0.6 is 0 Å². The molecule has 0 nitrogen and oxygen atoms in total. The Morgan fingerprint density at radius 1 is 0.236 bits per heavy atom. The van der Waals surface area contributed by atoms with E-state index in [-0.39, 0.29) is 0 Å². The summed E-state index contributed by atoms with van der Waals surface area (Å²) in [5, 5.41) is 7.62. The first-order valence-corrected chi connectivity index (χ1v) is 19.3. The Morgan fingerprint density at radius 3 is 1.29 bits per heavy atom. The van der Waals surface area contributed by atoms with Crippen molar-refractivity contribution in [2.45, 2.75) is 5.41 Å². The van der Waals surface area contributed by atoms with Gasteiger partial charge in [0.05, 0.1) is 5.41 Å². The van der Waals surface area contributed by atoms with E-state index < -0.39 is 5.41 Å². The number of hydrogen-bond acceptors (Lipinski definition) is 0. The van der Waals surface area contributed by atoms with E-state index in [0.29, 0.717) is 0 Å². The fourth-order valence-electron chi connectivity index (χ4n) is 10.2. The van der Waals surface area contributed by atoms with E-state index in [2.05, 4.69) is 206 Å². The number of fused-ring (bicyclic) bond motifs is 14. The molecular weight excluding hydrogens is 661 g/mol. The van der Waals surface area contributed by atoms with Gasteiger partial charge in [-0.1, -0.05) is 182 Å². The molecule has 0 heteroatoms. The zero-order chi connectivity index (χ0) is 36.1. The summed E-state index contributed by atoms with van der Waals surface area (Å²) in [6.07, 6.45) is 0. The Hall–Kier alpha value is -7.02. The molecule has 0 atom stereocenters. The summed E-state index contributed by atoms with van der Waals surface area (Å²) in [5.74, 6) is 0. The van der Waals surface area contributed by atoms with Gasteiger partial charge in [0, 0.05) is 0 Å². The van der Waals surface area contributed by atoms with Crippen LogP contribution in [0.5, 0.6) is 0 Å². The Kier molecular flexibility index (Phi) is 6.36. The average Bonchev–Trinajstić information content (AvgIpc) is 3.73. The van der Waals surface area contributed by atoms with Crippen LogP contribution in [0.3, 0.4) is 0 Å². The second-order valence-electron chi connectivity index (χ2n) is 15.2. The second-order valence-corrected chi connectivity index (χ2v) is 15.2. The quantitative estimate of drug-likeness (QED) is 0.173. The molecule has 0 unspecified atom stereocenters. The minimum Gasteiger partial charge on any atom is -0.0619 e. The van der Waals surface area contributed by atoms with Crippen molar-refractivity contribution in [2.75, 3.05) is 0 Å². The van der Waals surface area contributed by atoms with Gasteiger partial charge in [0.25, 0.3) is 0 Å². The van der Waals surface area contributed by atoms with Gasteiger partial charge in [-0.25, -0.2) is 0 Å². The lowest BCUT2D eigenvalue weighted by Crippen LogP contribution is -2.26. The number of rotatable bonds is 3. The summed E-state index contributed by atoms with van der Waals surface area (Å²) in [4.78, 5) is 0. The minimum absolute atomic E-state index is 0.444. The van der Waals surface area contributed by atoms with Crippen molar-refractivity contribution >= 4 is 32.3 Å². The summed E-state index contributed by atoms with van der Waals surface area (Å²) < 4.78 is 0. The summed E-state index contributed by atoms with van der Waals surface area (Å²) in [7, 11) is 0. The molecule has 0 saturated heterocycles. The molecule has 10 aromatic rings. The van der Waals surface area contributed by atoms with Crippen molar-refractivity contribution in [3.8, 4) is 55.6 Å². The van der Waals surface area contributed by atoms with Gasteiger partial charge >= 0.3 is 0 Å². The predicted octanol–water partition coefficient (Wildman–Crippen LogP) is 14.5. The number of benzene rings is 10. The molecule has 0 heterocycles. The molecule has 0 aliphatic heterocycles. The summed E-state index contributed by atoms with van der Waals surface area (Å²) in [5.41, 5.74) is 17.7. The van der Waals surface area contributed by atoms with Gasteiger partial charge < -0.3 is 0 Å². The summed E-state index contributed by atoms with van der Waals surface area (Å²) in [6.45, 7) is 0. The summed E-state index contributed by atoms with van der Waals surface area (Å²) in [6, 6.07) is 77.2. The lowest BCUT2D eigenvalue weighted by Gasteiger charge is -2.31. The van der Waals surface area contributed by atoms with E-state index in [9.17, 15) is 0 Å². The molecule has 0 radical (unpaired) electrons. The van der Waals surface area contributed by atoms with Crippen molar-refractivity contribution in [3.63, 3.8) is 0 Å². The van der Waals surface area contributed by atoms with E-state index in [0.717, 1.165) is 0 Å². The molecule has 0 N–H and O–H groups in total. The molecular formula is C55H34. The van der Waals surface area contributed by atoms with Crippen LogP contribution in [0, 0.1) is 0 Å². The SMILES string of the molecule is c1ccc2c(c1)-c1ccccc1C21c2cc(-c3cc(-c4cccc5ccccc45)cc(-c4cccc5ccccc45)c3)ccc2-c2ccc3ccccc3c21. The fraction of sp³-hybridized carbons (Fsp3) is 0.0182. The topological polar surface area (TPSA) is 0 Å². The van der Waals surface area contributed by atoms with E-state index >= 15 is 0 Å². The third-order valence-electron chi connectivity index (χ3n) is 12.4. The fourth-order valence-corrected chi connectivity index (χ4v) is 10.2. The maximum atomic E-state index is 2.53. The van der Waals surface area contributed by atoms with Crippen LogP contribution in [0.15, 0.2) is 206 Å². The lowest BCUT2D eigenvalue weighted by atomic mass is 9.69. The van der Waals surface area contributed by atoms with Crippen LogP contribution in [0.25, 0.3) is 88.0 Å². The molecule has 55 heavy (non-hydrogen) atoms. The maximum Gasteiger partial charge on any atom is 0.0731 e. The van der Waals surface area contributed by atoms with Crippen molar-refractivity contribution in [3.05, 3.63) is 229 Å². The van der Waals surface area contributed by atoms with Crippen molar-refractivity contribution in [2.24, 2.45) is 0 Å². The normalized spacial score (nSPS) is 13.2. The Bertz CT molecular complexity index is 3060. The van der Waals surface area contributed by atoms with E-state index in [1.165, 1.54) is 110 Å². The summed E-state index contributed by atoms with van der Waals surface area (Å²) >= 11 is 0. The molecule has 12 rings (SSSR count). The van der Waals surface area contributed by atoms with Crippen LogP contribution in [0.1, 0.15) is 22.3 Å². The van der Waals surface area contributed by atoms with Gasteiger partial charge in [0.2, 0.25) is 0 Å². The molecule has 254 valence electrons. The molecule has 2 aliphatic carbocycles. The zero-order valence-corrected chi connectivity index (χ0v) is 30.1. The standard InChI is InChI=1S/C55H34/c1-4-18-42-35(13-1)16-11-23-44(42)40-31-39(32-41(33-40)45-24-12-17-36-14-2-5-19-43(36)45)38-28-29-49-50-30-27-37-15-3-6-20-46(37)54(50)55(53(49)34-38)51-25-9-7-21-47(51)48-22-8-10-26-52(48)55/h1-34H. The molecule has 0 aromatic heterocycles. The maximum absolute atomic E-state index is 2.53. The highest BCUT2D eigenvalue weighted by molar-refractivity contribution is 6.05. The second kappa shape index (κ2) is 11.5. The highest BCUT2D eigenvalue weighted by Crippen LogP contribution is 2.64. The lowest BCUT2D eigenvalue weighted by molar-refractivity contribution is 0.801. The van der Waals surface area contributed by atoms with Crippen molar-refractivity contribution < 1.29 is 0 Å². The molecule has 0 bridgehead atoms. The highest BCUT2D eigenvalue weighted by atomic mass is 14.5. The van der Waals surface area contributed by atoms with Gasteiger partial charge in [-0.05, 0) is 134 Å². The van der Waals surface area contributed by atoms with Crippen LogP contribution in [0.2, 0.25) is 0 Å². The monoisotopic (exact) mass is 694 g/mol. The smallest absolute Gasteiger partial charge is 0.0619 e. The van der Waals surface area contributed by atoms with E-state index in [1.54, 1.807) is 0 Å². The third-order valence-corrected chi connectivity index (χ3v) is 12.4. The van der Waals surface area contributed by atoms with Crippen LogP contribution in [-0.4, -0.2) is 0 Å². The van der Waals surface area contributed by atoms with E-state index in [4.69, 9.17) is 0 Å². The molecule has 10 aromatic carbocycles. The molecule has 0 fully saturated rings. The Balaban J connectivity index is 1.16. The van der Waals surface area contributed by atoms with E-state index in [1.807, 2.05) is 0 Å². The first kappa shape index (κ1) is 30.4. The third kappa shape index (κ3) is 4.23. The molecule has 0 amide bonds. The van der Waals surface area contributed by atoms with Gasteiger partial charge in [-0.15, -0.1) is 0 Å². The first-order valence-electron chi connectivity index (χ1n) is 19.3. The zero-order valence-electron chi connectivity index (χ0n) is 30.1. The minimum atomic E-state index is -0.444. The Morgan fingerprint density at radius 2 is 0.673 bits per heavy atom. The van der Waals surface area contributed by atoms with Gasteiger partial charge in [-0.3, -0.25) is 0 Å². The number of hydrogen-bond donors (Lipinski definition) is 0. The highest BCUT2D eigenvalue weighted by Gasteiger charge is 2.52. The average molecular weight is 695 g/mol. The first-order chi connectivity index (χ1) is 27.3. The van der Waals surface area contributed by atoms with Crippen LogP contribution < -0.4 is 0 Å².